The molecular formula is C30H39NO7. The highest BCUT2D eigenvalue weighted by Crippen LogP contribution is 2.66. The van der Waals surface area contributed by atoms with Gasteiger partial charge in [0.25, 0.3) is 0 Å². The Morgan fingerprint density at radius 1 is 1.37 bits per heavy atom. The number of aliphatic hydroxyl groups excluding tert-OH is 1. The Kier molecular flexibility index (Phi) is 6.95. The van der Waals surface area contributed by atoms with E-state index in [1.807, 2.05) is 20.8 Å². The highest BCUT2D eigenvalue weighted by atomic mass is 16.6. The third-order valence-electron chi connectivity index (χ3n) is 9.46. The maximum Gasteiger partial charge on any atom is 0.355 e. The smallest absolute Gasteiger partial charge is 0.355 e. The van der Waals surface area contributed by atoms with Crippen LogP contribution in [0.2, 0.25) is 0 Å². The second-order valence-corrected chi connectivity index (χ2v) is 11.6. The lowest BCUT2D eigenvalue weighted by molar-refractivity contribution is -0.166. The largest absolute Gasteiger partial charge is 0.460 e. The van der Waals surface area contributed by atoms with E-state index in [0.29, 0.717) is 18.5 Å². The Morgan fingerprint density at radius 3 is 2.79 bits per heavy atom. The number of esters is 2. The van der Waals surface area contributed by atoms with E-state index in [1.165, 1.54) is 7.11 Å². The first-order chi connectivity index (χ1) is 18.1. The predicted octanol–water partition coefficient (Wildman–Crippen LogP) is 3.99. The molecule has 0 amide bonds. The minimum atomic E-state index is -0.906. The first-order valence-electron chi connectivity index (χ1n) is 13.5. The van der Waals surface area contributed by atoms with Gasteiger partial charge in [0, 0.05) is 48.8 Å². The Bertz CT molecular complexity index is 1140. The average Bonchev–Trinajstić information content (AvgIpc) is 3.46. The number of hydrogen-bond acceptors (Lipinski definition) is 7. The fraction of sp³-hybridized carbons (Fsp3) is 0.600. The standard InChI is InChI=1S/C30H39NO7/c1-7-9-21-16(2)14-17(3)30-19(15-22(35-6)28(34)36-21)11-12-29(5)25(30)23(32)18(4)24(26(29)38-30)37-27(33)20-10-8-13-31-20/h7-8,10-14,16,18-19,21-26,31-32H,1,9,15H2,2-6H3/b17-14+/t16-,18-,19-,21+,22+,23-,24-,25-,26+,29-,30+/m1/s1. The van der Waals surface area contributed by atoms with Crippen LogP contribution in [0.25, 0.3) is 0 Å². The van der Waals surface area contributed by atoms with Crippen LogP contribution in [0.15, 0.2) is 54.8 Å². The number of methoxy groups -OCH3 is 1. The number of aliphatic hydroxyl groups is 1. The van der Waals surface area contributed by atoms with Gasteiger partial charge in [-0.3, -0.25) is 0 Å². The second kappa shape index (κ2) is 9.81. The van der Waals surface area contributed by atoms with E-state index < -0.39 is 53.5 Å². The van der Waals surface area contributed by atoms with Gasteiger partial charge in [-0.05, 0) is 31.1 Å². The number of ether oxygens (including phenoxy) is 4. The molecule has 0 unspecified atom stereocenters. The number of cyclic esters (lactones) is 1. The molecule has 2 fully saturated rings. The minimum absolute atomic E-state index is 0.125. The van der Waals surface area contributed by atoms with Crippen LogP contribution >= 0.6 is 0 Å². The Labute approximate surface area is 224 Å². The number of H-pyrrole nitrogens is 1. The molecule has 8 nitrogen and oxygen atoms in total. The number of aromatic nitrogens is 1. The van der Waals surface area contributed by atoms with E-state index in [4.69, 9.17) is 18.9 Å². The van der Waals surface area contributed by atoms with Crippen LogP contribution in [-0.2, 0) is 23.7 Å². The molecule has 1 saturated heterocycles. The molecule has 5 rings (SSSR count). The molecule has 1 spiro atoms. The van der Waals surface area contributed by atoms with Crippen LogP contribution in [0.4, 0.5) is 0 Å². The molecule has 4 aliphatic rings. The third kappa shape index (κ3) is 3.91. The van der Waals surface area contributed by atoms with E-state index in [1.54, 1.807) is 24.4 Å². The molecule has 4 bridgehead atoms. The molecule has 2 aliphatic heterocycles. The van der Waals surface area contributed by atoms with Gasteiger partial charge in [-0.15, -0.1) is 6.58 Å². The molecule has 1 aromatic rings. The van der Waals surface area contributed by atoms with Crippen molar-refractivity contribution in [2.45, 2.75) is 76.7 Å². The summed E-state index contributed by atoms with van der Waals surface area (Å²) in [6.45, 7) is 11.9. The van der Waals surface area contributed by atoms with Crippen molar-refractivity contribution >= 4 is 11.9 Å². The maximum atomic E-state index is 13.2. The summed E-state index contributed by atoms with van der Waals surface area (Å²) in [7, 11) is 1.51. The van der Waals surface area contributed by atoms with E-state index in [-0.39, 0.29) is 23.7 Å². The van der Waals surface area contributed by atoms with Crippen molar-refractivity contribution in [1.29, 1.82) is 0 Å². The lowest BCUT2D eigenvalue weighted by Crippen LogP contribution is -2.61. The quantitative estimate of drug-likeness (QED) is 0.442. The molecule has 206 valence electrons. The van der Waals surface area contributed by atoms with Crippen LogP contribution in [0.5, 0.6) is 0 Å². The van der Waals surface area contributed by atoms with E-state index in [2.05, 4.69) is 36.7 Å². The van der Waals surface area contributed by atoms with Crippen molar-refractivity contribution in [3.63, 3.8) is 0 Å². The summed E-state index contributed by atoms with van der Waals surface area (Å²) < 4.78 is 24.6. The van der Waals surface area contributed by atoms with Crippen molar-refractivity contribution in [1.82, 2.24) is 4.98 Å². The van der Waals surface area contributed by atoms with Crippen LogP contribution in [0, 0.1) is 29.1 Å². The molecule has 0 radical (unpaired) electrons. The Morgan fingerprint density at radius 2 is 2.13 bits per heavy atom. The summed E-state index contributed by atoms with van der Waals surface area (Å²) in [5.41, 5.74) is -0.168. The minimum Gasteiger partial charge on any atom is -0.460 e. The summed E-state index contributed by atoms with van der Waals surface area (Å²) in [5, 5.41) is 11.9. The van der Waals surface area contributed by atoms with Crippen molar-refractivity contribution in [3.05, 3.63) is 60.5 Å². The maximum absolute atomic E-state index is 13.2. The number of carbonyl (C=O) groups excluding carboxylic acids is 2. The molecule has 2 N–H and O–H groups in total. The molecule has 2 aliphatic carbocycles. The van der Waals surface area contributed by atoms with E-state index >= 15 is 0 Å². The predicted molar refractivity (Wildman–Crippen MR) is 140 cm³/mol. The molecule has 1 saturated carbocycles. The molecule has 11 atom stereocenters. The first-order valence-corrected chi connectivity index (χ1v) is 13.5. The van der Waals surface area contributed by atoms with E-state index in [9.17, 15) is 14.7 Å². The number of hydrogen-bond donors (Lipinski definition) is 2. The van der Waals surface area contributed by atoms with E-state index in [0.717, 1.165) is 5.57 Å². The highest BCUT2D eigenvalue weighted by molar-refractivity contribution is 5.87. The highest BCUT2D eigenvalue weighted by Gasteiger charge is 2.73. The van der Waals surface area contributed by atoms with Gasteiger partial charge in [-0.25, -0.2) is 9.59 Å². The van der Waals surface area contributed by atoms with Gasteiger partial charge in [0.1, 0.15) is 29.6 Å². The van der Waals surface area contributed by atoms with Gasteiger partial charge in [0.15, 0.2) is 6.10 Å². The van der Waals surface area contributed by atoms with Crippen LogP contribution in [0.1, 0.15) is 51.0 Å². The summed E-state index contributed by atoms with van der Waals surface area (Å²) in [4.78, 5) is 29.1. The van der Waals surface area contributed by atoms with Crippen LogP contribution < -0.4 is 0 Å². The molecule has 8 heteroatoms. The SMILES string of the molecule is C=CC[C@@H]1OC(=O)[C@@H](OC)C[C@H]2C=C[C@]3(C)[C@H]4[C@H](O)[C@@H](C)[C@@H](OC(=O)c5ccc[nH]5)[C@@H]3O[C@@]24/C(C)=C/[C@H]1C. The van der Waals surface area contributed by atoms with Gasteiger partial charge < -0.3 is 29.0 Å². The Balaban J connectivity index is 1.61. The molecule has 0 aromatic carbocycles. The zero-order valence-corrected chi connectivity index (χ0v) is 22.8. The number of nitrogens with one attached hydrogen (secondary N) is 1. The lowest BCUT2D eigenvalue weighted by atomic mass is 9.51. The zero-order valence-electron chi connectivity index (χ0n) is 22.8. The van der Waals surface area contributed by atoms with Crippen molar-refractivity contribution in [2.75, 3.05) is 7.11 Å². The van der Waals surface area contributed by atoms with Crippen molar-refractivity contribution < 1.29 is 33.6 Å². The van der Waals surface area contributed by atoms with Crippen molar-refractivity contribution in [2.24, 2.45) is 29.1 Å². The third-order valence-corrected chi connectivity index (χ3v) is 9.46. The number of rotatable bonds is 5. The molecule has 1 aromatic heterocycles. The average molecular weight is 526 g/mol. The molecular weight excluding hydrogens is 486 g/mol. The number of aromatic amines is 1. The molecule has 3 heterocycles. The van der Waals surface area contributed by atoms with Gasteiger partial charge >= 0.3 is 11.9 Å². The summed E-state index contributed by atoms with van der Waals surface area (Å²) in [6, 6.07) is 3.41. The van der Waals surface area contributed by atoms with Crippen LogP contribution in [-0.4, -0.2) is 65.3 Å². The van der Waals surface area contributed by atoms with Crippen LogP contribution in [0.3, 0.4) is 0 Å². The van der Waals surface area contributed by atoms with Gasteiger partial charge in [0.05, 0.1) is 6.10 Å². The van der Waals surface area contributed by atoms with Gasteiger partial charge in [-0.2, -0.15) is 0 Å². The second-order valence-electron chi connectivity index (χ2n) is 11.6. The number of carbonyl (C=O) groups is 2. The fourth-order valence-electron chi connectivity index (χ4n) is 7.46. The Hall–Kier alpha value is -2.68. The normalized spacial score (nSPS) is 45.4. The summed E-state index contributed by atoms with van der Waals surface area (Å²) >= 11 is 0. The monoisotopic (exact) mass is 525 g/mol. The van der Waals surface area contributed by atoms with Gasteiger partial charge in [-0.1, -0.05) is 45.1 Å². The van der Waals surface area contributed by atoms with Crippen molar-refractivity contribution in [3.8, 4) is 0 Å². The summed E-state index contributed by atoms with van der Waals surface area (Å²) in [6.07, 6.45) is 7.39. The topological polar surface area (TPSA) is 107 Å². The first kappa shape index (κ1) is 26.9. The lowest BCUT2D eigenvalue weighted by Gasteiger charge is -2.52. The van der Waals surface area contributed by atoms with Gasteiger partial charge in [0.2, 0.25) is 0 Å². The molecule has 38 heavy (non-hydrogen) atoms. The fourth-order valence-corrected chi connectivity index (χ4v) is 7.46. The summed E-state index contributed by atoms with van der Waals surface area (Å²) in [5.74, 6) is -1.95. The zero-order chi connectivity index (χ0) is 27.4.